The van der Waals surface area contributed by atoms with Crippen molar-refractivity contribution < 1.29 is 4.79 Å². The SMILES string of the molecule is C=CCn1c(SC(C)C(=O)NCc2ccccc2)nc2scc(-c3cccs3)c2c1=O. The zero-order valence-electron chi connectivity index (χ0n) is 16.9. The standard InChI is InChI=1S/C23H21N3O2S3/c1-3-11-26-22(28)19-17(18-10-7-12-29-18)14-30-21(19)25-23(26)31-15(2)20(27)24-13-16-8-5-4-6-9-16/h3-10,12,14-15H,1,11,13H2,2H3,(H,24,27). The van der Waals surface area contributed by atoms with E-state index in [0.717, 1.165) is 16.0 Å². The van der Waals surface area contributed by atoms with E-state index < -0.39 is 5.25 Å². The molecule has 0 saturated heterocycles. The first-order valence-corrected chi connectivity index (χ1v) is 12.4. The molecule has 5 nitrogen and oxygen atoms in total. The number of hydrogen-bond acceptors (Lipinski definition) is 6. The van der Waals surface area contributed by atoms with E-state index >= 15 is 0 Å². The van der Waals surface area contributed by atoms with Crippen LogP contribution in [-0.2, 0) is 17.9 Å². The van der Waals surface area contributed by atoms with Crippen molar-refractivity contribution in [1.29, 1.82) is 0 Å². The van der Waals surface area contributed by atoms with Gasteiger partial charge in [-0.2, -0.15) is 0 Å². The van der Waals surface area contributed by atoms with Gasteiger partial charge in [0.25, 0.3) is 5.56 Å². The fourth-order valence-corrected chi connectivity index (χ4v) is 5.88. The summed E-state index contributed by atoms with van der Waals surface area (Å²) in [6.07, 6.45) is 1.68. The first-order valence-electron chi connectivity index (χ1n) is 9.73. The average Bonchev–Trinajstić information content (AvgIpc) is 3.45. The molecule has 0 aliphatic carbocycles. The molecule has 1 amide bonds. The van der Waals surface area contributed by atoms with Gasteiger partial charge in [0, 0.05) is 28.9 Å². The Morgan fingerprint density at radius 3 is 2.77 bits per heavy atom. The summed E-state index contributed by atoms with van der Waals surface area (Å²) < 4.78 is 1.60. The van der Waals surface area contributed by atoms with E-state index in [1.54, 1.807) is 22.0 Å². The number of thiophene rings is 2. The molecule has 4 aromatic rings. The third kappa shape index (κ3) is 4.66. The molecule has 8 heteroatoms. The van der Waals surface area contributed by atoms with Crippen molar-refractivity contribution in [3.8, 4) is 10.4 Å². The molecular formula is C23H21N3O2S3. The Balaban J connectivity index is 1.60. The van der Waals surface area contributed by atoms with Crippen molar-refractivity contribution >= 4 is 50.6 Å². The highest BCUT2D eigenvalue weighted by molar-refractivity contribution is 8.00. The molecule has 1 N–H and O–H groups in total. The number of hydrogen-bond donors (Lipinski definition) is 1. The van der Waals surface area contributed by atoms with Crippen LogP contribution in [0.15, 0.2) is 75.8 Å². The topological polar surface area (TPSA) is 64.0 Å². The van der Waals surface area contributed by atoms with Crippen LogP contribution in [0, 0.1) is 0 Å². The Bertz CT molecular complexity index is 1260. The van der Waals surface area contributed by atoms with Crippen molar-refractivity contribution in [2.75, 3.05) is 0 Å². The van der Waals surface area contributed by atoms with Crippen molar-refractivity contribution in [2.45, 2.75) is 30.4 Å². The predicted octanol–water partition coefficient (Wildman–Crippen LogP) is 5.17. The van der Waals surface area contributed by atoms with E-state index in [-0.39, 0.29) is 11.5 Å². The molecule has 3 aromatic heterocycles. The van der Waals surface area contributed by atoms with Gasteiger partial charge in [0.15, 0.2) is 5.16 Å². The molecule has 0 spiro atoms. The van der Waals surface area contributed by atoms with Crippen molar-refractivity contribution in [3.05, 3.63) is 81.8 Å². The number of aromatic nitrogens is 2. The number of benzene rings is 1. The third-order valence-corrected chi connectivity index (χ3v) is 7.58. The molecule has 31 heavy (non-hydrogen) atoms. The molecule has 0 fully saturated rings. The third-order valence-electron chi connectivity index (χ3n) is 4.72. The Labute approximate surface area is 192 Å². The highest BCUT2D eigenvalue weighted by Crippen LogP contribution is 2.35. The number of nitrogens with one attached hydrogen (secondary N) is 1. The highest BCUT2D eigenvalue weighted by Gasteiger charge is 2.21. The van der Waals surface area contributed by atoms with Crippen molar-refractivity contribution in [1.82, 2.24) is 14.9 Å². The minimum absolute atomic E-state index is 0.0983. The van der Waals surface area contributed by atoms with Gasteiger partial charge in [-0.3, -0.25) is 14.2 Å². The summed E-state index contributed by atoms with van der Waals surface area (Å²) >= 11 is 4.34. The molecular weight excluding hydrogens is 446 g/mol. The average molecular weight is 468 g/mol. The number of rotatable bonds is 8. The molecule has 0 saturated carbocycles. The zero-order chi connectivity index (χ0) is 21.8. The van der Waals surface area contributed by atoms with Crippen LogP contribution in [0.25, 0.3) is 20.7 Å². The molecule has 4 rings (SSSR count). The van der Waals surface area contributed by atoms with E-state index in [1.807, 2.05) is 60.1 Å². The molecule has 0 aliphatic heterocycles. The molecule has 0 radical (unpaired) electrons. The van der Waals surface area contributed by atoms with Crippen LogP contribution >= 0.6 is 34.4 Å². The van der Waals surface area contributed by atoms with Crippen LogP contribution in [0.1, 0.15) is 12.5 Å². The molecule has 3 heterocycles. The second-order valence-electron chi connectivity index (χ2n) is 6.87. The summed E-state index contributed by atoms with van der Waals surface area (Å²) in [7, 11) is 0. The summed E-state index contributed by atoms with van der Waals surface area (Å²) in [4.78, 5) is 32.5. The smallest absolute Gasteiger partial charge is 0.263 e. The van der Waals surface area contributed by atoms with E-state index in [4.69, 9.17) is 4.98 Å². The Morgan fingerprint density at radius 1 is 1.26 bits per heavy atom. The lowest BCUT2D eigenvalue weighted by atomic mass is 10.2. The van der Waals surface area contributed by atoms with Crippen molar-refractivity contribution in [2.24, 2.45) is 0 Å². The van der Waals surface area contributed by atoms with Gasteiger partial charge in [0.05, 0.1) is 10.6 Å². The Morgan fingerprint density at radius 2 is 2.06 bits per heavy atom. The highest BCUT2D eigenvalue weighted by atomic mass is 32.2. The second kappa shape index (κ2) is 9.64. The first-order chi connectivity index (χ1) is 15.1. The van der Waals surface area contributed by atoms with Gasteiger partial charge in [0.2, 0.25) is 5.91 Å². The molecule has 158 valence electrons. The van der Waals surface area contributed by atoms with Crippen molar-refractivity contribution in [3.63, 3.8) is 0 Å². The number of fused-ring (bicyclic) bond motifs is 1. The number of thioether (sulfide) groups is 1. The number of amides is 1. The molecule has 0 aliphatic rings. The van der Waals surface area contributed by atoms with Crippen LogP contribution in [0.3, 0.4) is 0 Å². The lowest BCUT2D eigenvalue weighted by molar-refractivity contribution is -0.120. The number of carbonyl (C=O) groups excluding carboxylic acids is 1. The summed E-state index contributed by atoms with van der Waals surface area (Å²) in [5, 5.41) is 7.68. The maximum atomic E-state index is 13.4. The van der Waals surface area contributed by atoms with Crippen LogP contribution in [0.2, 0.25) is 0 Å². The number of allylic oxidation sites excluding steroid dienone is 1. The lowest BCUT2D eigenvalue weighted by Gasteiger charge is -2.15. The Hall–Kier alpha value is -2.68. The quantitative estimate of drug-likeness (QED) is 0.221. The van der Waals surface area contributed by atoms with E-state index in [1.165, 1.54) is 23.1 Å². The van der Waals surface area contributed by atoms with Gasteiger partial charge in [-0.05, 0) is 23.9 Å². The summed E-state index contributed by atoms with van der Waals surface area (Å²) in [5.41, 5.74) is 1.85. The lowest BCUT2D eigenvalue weighted by Crippen LogP contribution is -2.31. The maximum Gasteiger partial charge on any atom is 0.263 e. The molecule has 0 bridgehead atoms. The zero-order valence-corrected chi connectivity index (χ0v) is 19.4. The second-order valence-corrected chi connectivity index (χ2v) is 9.98. The largest absolute Gasteiger partial charge is 0.351 e. The number of carbonyl (C=O) groups is 1. The van der Waals surface area contributed by atoms with E-state index in [2.05, 4.69) is 11.9 Å². The van der Waals surface area contributed by atoms with Crippen LogP contribution in [0.4, 0.5) is 0 Å². The minimum Gasteiger partial charge on any atom is -0.351 e. The normalized spacial score (nSPS) is 12.0. The minimum atomic E-state index is -0.402. The van der Waals surface area contributed by atoms with Crippen LogP contribution < -0.4 is 10.9 Å². The van der Waals surface area contributed by atoms with Crippen LogP contribution in [-0.4, -0.2) is 20.7 Å². The summed E-state index contributed by atoms with van der Waals surface area (Å²) in [6, 6.07) is 13.7. The molecule has 1 unspecified atom stereocenters. The monoisotopic (exact) mass is 467 g/mol. The molecule has 1 atom stereocenters. The predicted molar refractivity (Wildman–Crippen MR) is 131 cm³/mol. The fraction of sp³-hybridized carbons (Fsp3) is 0.174. The number of nitrogens with zero attached hydrogens (tertiary/aromatic N) is 2. The van der Waals surface area contributed by atoms with Gasteiger partial charge in [-0.25, -0.2) is 4.98 Å². The van der Waals surface area contributed by atoms with Gasteiger partial charge in [0.1, 0.15) is 4.83 Å². The van der Waals surface area contributed by atoms with Gasteiger partial charge in [-0.1, -0.05) is 54.2 Å². The van der Waals surface area contributed by atoms with Crippen LogP contribution in [0.5, 0.6) is 0 Å². The Kier molecular flexibility index (Phi) is 6.70. The summed E-state index contributed by atoms with van der Waals surface area (Å²) in [6.45, 7) is 6.41. The fourth-order valence-electron chi connectivity index (χ4n) is 3.14. The van der Waals surface area contributed by atoms with Gasteiger partial charge in [-0.15, -0.1) is 29.3 Å². The van der Waals surface area contributed by atoms with E-state index in [9.17, 15) is 9.59 Å². The summed E-state index contributed by atoms with van der Waals surface area (Å²) in [5.74, 6) is -0.0983. The van der Waals surface area contributed by atoms with Gasteiger partial charge < -0.3 is 5.32 Å². The maximum absolute atomic E-state index is 13.4. The first kappa shape index (κ1) is 21.5. The van der Waals surface area contributed by atoms with E-state index in [0.29, 0.717) is 28.5 Å². The van der Waals surface area contributed by atoms with Gasteiger partial charge >= 0.3 is 0 Å². The molecule has 1 aromatic carbocycles.